The summed E-state index contributed by atoms with van der Waals surface area (Å²) >= 11 is 0. The number of aryl methyl sites for hydroxylation is 4. The third-order valence-corrected chi connectivity index (χ3v) is 14.7. The van der Waals surface area contributed by atoms with Crippen LogP contribution in [-0.4, -0.2) is 12.4 Å². The highest BCUT2D eigenvalue weighted by atomic mass is 19.4. The maximum absolute atomic E-state index is 15.8. The van der Waals surface area contributed by atoms with Gasteiger partial charge in [0.05, 0.1) is 22.3 Å². The fourth-order valence-electron chi connectivity index (χ4n) is 10.2. The van der Waals surface area contributed by atoms with E-state index >= 15 is 96.6 Å². The normalized spacial score (nSPS) is 12.0. The highest BCUT2D eigenvalue weighted by molar-refractivity contribution is 5.77. The summed E-state index contributed by atoms with van der Waals surface area (Å²) in [7, 11) is 0. The molecule has 0 aliphatic rings. The van der Waals surface area contributed by atoms with E-state index in [1.807, 2.05) is 57.2 Å². The largest absolute Gasteiger partial charge is 0.451 e. The molecule has 0 bridgehead atoms. The van der Waals surface area contributed by atoms with Crippen LogP contribution in [0.15, 0.2) is 133 Å². The van der Waals surface area contributed by atoms with Gasteiger partial charge in [0.15, 0.2) is 46.5 Å². The Hall–Kier alpha value is -10.1. The van der Waals surface area contributed by atoms with Crippen molar-refractivity contribution in [1.82, 2.24) is 0 Å². The SMILES string of the molecule is Cc1ccc(Oc2c(F)c(F)c(-c3c(F)c(F)c(Oc4ccc(C(c5ccc(Oc6c(F)c(F)c(-c7c(F)c(F)c(Oc8ccc(-c9cc(C)cc(-c%10ccc(C)cc%10C)c9)cc8)c(F)c7F)c(F)c6F)cc5)(C(F)(F)F)C(F)(F)F)cc4)c(F)c3F)c(F)c2F)cc1. The zero-order valence-electron chi connectivity index (χ0n) is 47.1. The van der Waals surface area contributed by atoms with Gasteiger partial charge in [0, 0.05) is 0 Å². The van der Waals surface area contributed by atoms with Crippen molar-refractivity contribution in [3.8, 4) is 90.5 Å². The number of hydrogen-bond donors (Lipinski definition) is 0. The van der Waals surface area contributed by atoms with Gasteiger partial charge in [0.1, 0.15) is 23.0 Å². The minimum absolute atomic E-state index is 0.0369. The topological polar surface area (TPSA) is 36.9 Å². The van der Waals surface area contributed by atoms with E-state index in [9.17, 15) is 0 Å². The molecule has 93 heavy (non-hydrogen) atoms. The van der Waals surface area contributed by atoms with Crippen LogP contribution in [0.4, 0.5) is 96.6 Å². The number of halogens is 22. The number of rotatable bonds is 14. The number of ether oxygens (including phenoxy) is 4. The van der Waals surface area contributed by atoms with E-state index in [1.165, 1.54) is 24.3 Å². The van der Waals surface area contributed by atoms with Crippen LogP contribution in [0.3, 0.4) is 0 Å². The molecule has 10 aromatic carbocycles. The molecule has 0 N–H and O–H groups in total. The van der Waals surface area contributed by atoms with E-state index in [2.05, 4.69) is 0 Å². The molecular weight excluding hydrogens is 1290 g/mol. The molecule has 0 unspecified atom stereocenters. The van der Waals surface area contributed by atoms with Crippen molar-refractivity contribution in [2.75, 3.05) is 0 Å². The minimum Gasteiger partial charge on any atom is -0.451 e. The molecule has 10 rings (SSSR count). The summed E-state index contributed by atoms with van der Waals surface area (Å²) < 4.78 is 359. The maximum Gasteiger partial charge on any atom is 0.411 e. The standard InChI is InChI=1S/C67H34F22O4/c1-27-5-14-36(15-6-27)90-61-53(76)45(68)41(46(69)54(61)77)43-49(72)57(80)63(58(81)50(43)73)92-38-18-10-34(11-19-38)65(66(84,85)86,67(87,88)89)35-12-20-39(21-13-35)93-64-59(82)51(74)44(52(75)60(64)83)42-47(70)55(78)62(56(79)48(42)71)91-37-16-8-31(9-17-37)32-24-29(3)25-33(26-32)40-22-7-28(2)23-30(40)4/h5-26H,1-4H3. The van der Waals surface area contributed by atoms with Crippen molar-refractivity contribution in [1.29, 1.82) is 0 Å². The van der Waals surface area contributed by atoms with Gasteiger partial charge < -0.3 is 18.9 Å². The van der Waals surface area contributed by atoms with Crippen LogP contribution in [0.5, 0.6) is 46.0 Å². The number of benzene rings is 10. The lowest BCUT2D eigenvalue weighted by Crippen LogP contribution is -2.54. The average molecular weight is 1320 g/mol. The Morgan fingerprint density at radius 3 is 0.806 bits per heavy atom. The lowest BCUT2D eigenvalue weighted by atomic mass is 9.73. The van der Waals surface area contributed by atoms with Crippen LogP contribution < -0.4 is 18.9 Å². The van der Waals surface area contributed by atoms with Crippen LogP contribution in [0.2, 0.25) is 0 Å². The first-order chi connectivity index (χ1) is 43.7. The molecule has 0 aliphatic carbocycles. The Kier molecular flexibility index (Phi) is 17.3. The smallest absolute Gasteiger partial charge is 0.411 e. The zero-order valence-corrected chi connectivity index (χ0v) is 47.1. The summed E-state index contributed by atoms with van der Waals surface area (Å²) in [4.78, 5) is 0. The van der Waals surface area contributed by atoms with Crippen molar-refractivity contribution in [2.45, 2.75) is 45.5 Å². The minimum atomic E-state index is -6.49. The Morgan fingerprint density at radius 2 is 0.516 bits per heavy atom. The highest BCUT2D eigenvalue weighted by Crippen LogP contribution is 2.57. The monoisotopic (exact) mass is 1320 g/mol. The van der Waals surface area contributed by atoms with Crippen molar-refractivity contribution in [2.24, 2.45) is 0 Å². The van der Waals surface area contributed by atoms with E-state index in [4.69, 9.17) is 18.9 Å². The Morgan fingerprint density at radius 1 is 0.247 bits per heavy atom. The van der Waals surface area contributed by atoms with Gasteiger partial charge in [-0.15, -0.1) is 0 Å². The van der Waals surface area contributed by atoms with Crippen LogP contribution in [-0.2, 0) is 5.41 Å². The molecule has 0 aromatic heterocycles. The molecule has 0 atom stereocenters. The van der Waals surface area contributed by atoms with E-state index < -0.39 is 190 Å². The number of alkyl halides is 6. The van der Waals surface area contributed by atoms with Gasteiger partial charge in [-0.05, 0) is 127 Å². The summed E-state index contributed by atoms with van der Waals surface area (Å²) in [5, 5.41) is 0. The molecule has 0 fully saturated rings. The van der Waals surface area contributed by atoms with E-state index in [1.54, 1.807) is 6.92 Å². The summed E-state index contributed by atoms with van der Waals surface area (Å²) in [5.41, 5.74) is -12.0. The van der Waals surface area contributed by atoms with Crippen LogP contribution >= 0.6 is 0 Å². The molecule has 480 valence electrons. The molecule has 0 saturated carbocycles. The molecule has 0 spiro atoms. The Bertz CT molecular complexity index is 4490. The summed E-state index contributed by atoms with van der Waals surface area (Å²) in [5.74, 6) is -53.8. The van der Waals surface area contributed by atoms with Crippen LogP contribution in [0, 0.1) is 121 Å². The van der Waals surface area contributed by atoms with E-state index in [0.29, 0.717) is 16.7 Å². The van der Waals surface area contributed by atoms with Gasteiger partial charge in [-0.25, -0.2) is 35.1 Å². The molecule has 0 heterocycles. The highest BCUT2D eigenvalue weighted by Gasteiger charge is 2.72. The van der Waals surface area contributed by atoms with Crippen molar-refractivity contribution >= 4 is 0 Å². The quantitative estimate of drug-likeness (QED) is 0.0803. The Balaban J connectivity index is 0.903. The second-order valence-electron chi connectivity index (χ2n) is 20.8. The first-order valence-electron chi connectivity index (χ1n) is 26.5. The lowest BCUT2D eigenvalue weighted by molar-refractivity contribution is -0.288. The summed E-state index contributed by atoms with van der Waals surface area (Å²) in [6.07, 6.45) is -13.0. The van der Waals surface area contributed by atoms with Gasteiger partial charge in [-0.3, -0.25) is 0 Å². The van der Waals surface area contributed by atoms with Gasteiger partial charge in [0.25, 0.3) is 0 Å². The molecule has 0 saturated heterocycles. The third kappa shape index (κ3) is 11.5. The van der Waals surface area contributed by atoms with E-state index in [-0.39, 0.29) is 48.5 Å². The lowest BCUT2D eigenvalue weighted by Gasteiger charge is -2.38. The van der Waals surface area contributed by atoms with Gasteiger partial charge >= 0.3 is 12.4 Å². The van der Waals surface area contributed by atoms with Crippen molar-refractivity contribution in [3.05, 3.63) is 260 Å². The van der Waals surface area contributed by atoms with Crippen LogP contribution in [0.1, 0.15) is 33.4 Å². The predicted molar refractivity (Wildman–Crippen MR) is 292 cm³/mol. The predicted octanol–water partition coefficient (Wildman–Crippen LogP) is 22.4. The fraction of sp³-hybridized carbons (Fsp3) is 0.104. The van der Waals surface area contributed by atoms with E-state index in [0.717, 1.165) is 52.1 Å². The molecular formula is C67H34F22O4. The molecule has 0 radical (unpaired) electrons. The fourth-order valence-corrected chi connectivity index (χ4v) is 10.2. The third-order valence-electron chi connectivity index (χ3n) is 14.7. The van der Waals surface area contributed by atoms with Crippen molar-refractivity contribution in [3.63, 3.8) is 0 Å². The number of hydrogen-bond acceptors (Lipinski definition) is 4. The maximum atomic E-state index is 15.8. The summed E-state index contributed by atoms with van der Waals surface area (Å²) in [6.45, 7) is 7.27. The Labute approximate surface area is 510 Å². The second-order valence-corrected chi connectivity index (χ2v) is 20.8. The molecule has 0 aliphatic heterocycles. The molecule has 10 aromatic rings. The molecule has 0 amide bonds. The van der Waals surface area contributed by atoms with Crippen LogP contribution in [0.25, 0.3) is 44.5 Å². The van der Waals surface area contributed by atoms with Crippen molar-refractivity contribution < 1.29 is 116 Å². The van der Waals surface area contributed by atoms with Gasteiger partial charge in [-0.1, -0.05) is 90.0 Å². The summed E-state index contributed by atoms with van der Waals surface area (Å²) in [6, 6.07) is 21.8. The van der Waals surface area contributed by atoms with Gasteiger partial charge in [-0.2, -0.15) is 61.5 Å². The zero-order chi connectivity index (χ0) is 67.8. The first kappa shape index (κ1) is 65.8. The first-order valence-corrected chi connectivity index (χ1v) is 26.5. The molecule has 4 nitrogen and oxygen atoms in total. The average Bonchev–Trinajstić information content (AvgIpc) is 0.732. The molecule has 26 heteroatoms. The second kappa shape index (κ2) is 24.5. The van der Waals surface area contributed by atoms with Gasteiger partial charge in [0.2, 0.25) is 75.0 Å².